The van der Waals surface area contributed by atoms with Crippen molar-refractivity contribution in [3.8, 4) is 0 Å². The number of alkyl halides is 1. The molecular weight excluding hydrogens is 216 g/mol. The number of rotatable bonds is 4. The number of aromatic nitrogens is 1. The molecule has 4 nitrogen and oxygen atoms in total. The van der Waals surface area contributed by atoms with Gasteiger partial charge in [-0.05, 0) is 12.5 Å². The first kappa shape index (κ1) is 11.9. The van der Waals surface area contributed by atoms with Crippen molar-refractivity contribution in [1.82, 2.24) is 4.98 Å². The van der Waals surface area contributed by atoms with Crippen molar-refractivity contribution in [3.63, 3.8) is 0 Å². The van der Waals surface area contributed by atoms with Gasteiger partial charge in [-0.25, -0.2) is 0 Å². The van der Waals surface area contributed by atoms with Crippen LogP contribution < -0.4 is 0 Å². The van der Waals surface area contributed by atoms with Crippen LogP contribution in [0.25, 0.3) is 0 Å². The van der Waals surface area contributed by atoms with Crippen molar-refractivity contribution in [1.29, 1.82) is 0 Å². The van der Waals surface area contributed by atoms with E-state index in [1.165, 1.54) is 12.3 Å². The van der Waals surface area contributed by atoms with E-state index in [1.807, 2.05) is 13.8 Å². The summed E-state index contributed by atoms with van der Waals surface area (Å²) in [4.78, 5) is 14.0. The predicted molar refractivity (Wildman–Crippen MR) is 59.2 cm³/mol. The second-order valence-corrected chi connectivity index (χ2v) is 3.97. The largest absolute Gasteiger partial charge is 0.287 e. The van der Waals surface area contributed by atoms with E-state index in [1.54, 1.807) is 6.07 Å². The van der Waals surface area contributed by atoms with Crippen molar-refractivity contribution in [2.45, 2.75) is 31.6 Å². The second-order valence-electron chi connectivity index (χ2n) is 3.41. The molecular formula is C10H13ClN2O2. The molecule has 0 aliphatic heterocycles. The summed E-state index contributed by atoms with van der Waals surface area (Å²) in [5.41, 5.74) is 0.802. The number of halogens is 1. The number of nitrogens with zero attached hydrogens (tertiary/aromatic N) is 2. The summed E-state index contributed by atoms with van der Waals surface area (Å²) in [5.74, 6) is 0.109. The molecule has 0 saturated carbocycles. The summed E-state index contributed by atoms with van der Waals surface area (Å²) in [7, 11) is 0. The lowest BCUT2D eigenvalue weighted by atomic mass is 10.0. The lowest BCUT2D eigenvalue weighted by Crippen LogP contribution is -2.09. The fourth-order valence-corrected chi connectivity index (χ4v) is 1.44. The quantitative estimate of drug-likeness (QED) is 0.452. The third kappa shape index (κ3) is 2.89. The Kier molecular flexibility index (Phi) is 4.03. The SMILES string of the molecule is CCC(Cl)C(C)c1ccc([N+](=O)[O-])cn1. The van der Waals surface area contributed by atoms with Gasteiger partial charge in [0.2, 0.25) is 0 Å². The maximum Gasteiger partial charge on any atom is 0.287 e. The summed E-state index contributed by atoms with van der Waals surface area (Å²) < 4.78 is 0. The highest BCUT2D eigenvalue weighted by molar-refractivity contribution is 6.21. The van der Waals surface area contributed by atoms with Gasteiger partial charge in [0.25, 0.3) is 5.69 Å². The monoisotopic (exact) mass is 228 g/mol. The lowest BCUT2D eigenvalue weighted by molar-refractivity contribution is -0.385. The van der Waals surface area contributed by atoms with E-state index in [-0.39, 0.29) is 17.0 Å². The highest BCUT2D eigenvalue weighted by Gasteiger charge is 2.16. The average Bonchev–Trinajstić information content (AvgIpc) is 2.27. The molecule has 15 heavy (non-hydrogen) atoms. The van der Waals surface area contributed by atoms with Crippen molar-refractivity contribution >= 4 is 17.3 Å². The van der Waals surface area contributed by atoms with Crippen LogP contribution in [0.2, 0.25) is 0 Å². The highest BCUT2D eigenvalue weighted by Crippen LogP contribution is 2.24. The maximum atomic E-state index is 10.4. The average molecular weight is 229 g/mol. The molecule has 0 aliphatic carbocycles. The van der Waals surface area contributed by atoms with Gasteiger partial charge >= 0.3 is 0 Å². The standard InChI is InChI=1S/C10H13ClN2O2/c1-3-9(11)7(2)10-5-4-8(6-12-10)13(14)15/h4-7,9H,3H2,1-2H3. The van der Waals surface area contributed by atoms with E-state index in [0.717, 1.165) is 12.1 Å². The van der Waals surface area contributed by atoms with E-state index in [9.17, 15) is 10.1 Å². The summed E-state index contributed by atoms with van der Waals surface area (Å²) in [6.45, 7) is 3.97. The molecule has 0 amide bonds. The molecule has 0 bridgehead atoms. The van der Waals surface area contributed by atoms with Crippen LogP contribution >= 0.6 is 11.6 Å². The first-order valence-corrected chi connectivity index (χ1v) is 5.24. The Balaban J connectivity index is 2.84. The van der Waals surface area contributed by atoms with Gasteiger partial charge in [0, 0.05) is 23.1 Å². The first-order chi connectivity index (χ1) is 7.06. The van der Waals surface area contributed by atoms with Crippen LogP contribution in [-0.4, -0.2) is 15.3 Å². The minimum absolute atomic E-state index is 0.00794. The molecule has 1 aromatic rings. The number of nitro groups is 1. The molecule has 1 aromatic heterocycles. The molecule has 1 rings (SSSR count). The molecule has 0 aliphatic rings. The Bertz CT molecular complexity index is 340. The fourth-order valence-electron chi connectivity index (χ4n) is 1.31. The molecule has 0 spiro atoms. The minimum Gasteiger partial charge on any atom is -0.258 e. The Morgan fingerprint density at radius 2 is 2.27 bits per heavy atom. The molecule has 0 saturated heterocycles. The molecule has 5 heteroatoms. The van der Waals surface area contributed by atoms with Crippen LogP contribution in [0.1, 0.15) is 31.9 Å². The second kappa shape index (κ2) is 5.07. The van der Waals surface area contributed by atoms with Crippen molar-refractivity contribution in [3.05, 3.63) is 34.1 Å². The van der Waals surface area contributed by atoms with E-state index in [2.05, 4.69) is 4.98 Å². The van der Waals surface area contributed by atoms with E-state index >= 15 is 0 Å². The third-order valence-corrected chi connectivity index (χ3v) is 3.07. The summed E-state index contributed by atoms with van der Waals surface area (Å²) in [6, 6.07) is 3.12. The smallest absolute Gasteiger partial charge is 0.258 e. The molecule has 0 fully saturated rings. The van der Waals surface area contributed by atoms with Crippen LogP contribution in [0.5, 0.6) is 0 Å². The molecule has 2 unspecified atom stereocenters. The van der Waals surface area contributed by atoms with Crippen molar-refractivity contribution < 1.29 is 4.92 Å². The molecule has 0 N–H and O–H groups in total. The predicted octanol–water partition coefficient (Wildman–Crippen LogP) is 3.11. The van der Waals surface area contributed by atoms with Crippen molar-refractivity contribution in [2.75, 3.05) is 0 Å². The molecule has 82 valence electrons. The molecule has 0 aromatic carbocycles. The zero-order valence-corrected chi connectivity index (χ0v) is 9.44. The Hall–Kier alpha value is -1.16. The first-order valence-electron chi connectivity index (χ1n) is 4.80. The normalized spacial score (nSPS) is 14.6. The summed E-state index contributed by atoms with van der Waals surface area (Å²) in [5, 5.41) is 10.4. The fraction of sp³-hybridized carbons (Fsp3) is 0.500. The summed E-state index contributed by atoms with van der Waals surface area (Å²) in [6.07, 6.45) is 2.12. The number of pyridine rings is 1. The van der Waals surface area contributed by atoms with E-state index in [0.29, 0.717) is 0 Å². The van der Waals surface area contributed by atoms with Gasteiger partial charge in [-0.1, -0.05) is 13.8 Å². The molecule has 0 radical (unpaired) electrons. The Morgan fingerprint density at radius 3 is 2.67 bits per heavy atom. The topological polar surface area (TPSA) is 56.0 Å². The molecule has 1 heterocycles. The van der Waals surface area contributed by atoms with Crippen LogP contribution in [-0.2, 0) is 0 Å². The Morgan fingerprint density at radius 1 is 1.60 bits per heavy atom. The third-order valence-electron chi connectivity index (χ3n) is 2.38. The van der Waals surface area contributed by atoms with Gasteiger partial charge in [-0.15, -0.1) is 11.6 Å². The van der Waals surface area contributed by atoms with Gasteiger partial charge in [-0.2, -0.15) is 0 Å². The van der Waals surface area contributed by atoms with E-state index in [4.69, 9.17) is 11.6 Å². The minimum atomic E-state index is -0.459. The highest BCUT2D eigenvalue weighted by atomic mass is 35.5. The van der Waals surface area contributed by atoms with Gasteiger partial charge < -0.3 is 0 Å². The zero-order valence-electron chi connectivity index (χ0n) is 8.68. The van der Waals surface area contributed by atoms with Crippen LogP contribution in [0.4, 0.5) is 5.69 Å². The van der Waals surface area contributed by atoms with Gasteiger partial charge in [-0.3, -0.25) is 15.1 Å². The van der Waals surface area contributed by atoms with Crippen LogP contribution in [0.3, 0.4) is 0 Å². The summed E-state index contributed by atoms with van der Waals surface area (Å²) >= 11 is 6.08. The number of hydrogen-bond acceptors (Lipinski definition) is 3. The zero-order chi connectivity index (χ0) is 11.4. The Labute approximate surface area is 93.4 Å². The van der Waals surface area contributed by atoms with Crippen LogP contribution in [0, 0.1) is 10.1 Å². The maximum absolute atomic E-state index is 10.4. The molecule has 2 atom stereocenters. The van der Waals surface area contributed by atoms with Crippen molar-refractivity contribution in [2.24, 2.45) is 0 Å². The lowest BCUT2D eigenvalue weighted by Gasteiger charge is -2.15. The number of hydrogen-bond donors (Lipinski definition) is 0. The van der Waals surface area contributed by atoms with Crippen LogP contribution in [0.15, 0.2) is 18.3 Å². The van der Waals surface area contributed by atoms with Gasteiger partial charge in [0.15, 0.2) is 0 Å². The van der Waals surface area contributed by atoms with Gasteiger partial charge in [0.1, 0.15) is 6.20 Å². The van der Waals surface area contributed by atoms with Gasteiger partial charge in [0.05, 0.1) is 4.92 Å². The van der Waals surface area contributed by atoms with E-state index < -0.39 is 4.92 Å².